The molecule has 0 heterocycles. The zero-order valence-electron chi connectivity index (χ0n) is 7.39. The Morgan fingerprint density at radius 2 is 1.31 bits per heavy atom. The molecule has 0 aliphatic rings. The summed E-state index contributed by atoms with van der Waals surface area (Å²) >= 11 is 14.0. The Labute approximate surface area is 121 Å². The first kappa shape index (κ1) is 14.0. The molecule has 3 nitrogen and oxygen atoms in total. The number of benzene rings is 1. The fraction of sp³-hybridized carbons (Fsp3) is 0. The van der Waals surface area contributed by atoms with Crippen LogP contribution in [-0.4, -0.2) is 14.1 Å². The maximum atomic E-state index is 11.3. The van der Waals surface area contributed by atoms with Gasteiger partial charge in [0.15, 0.2) is 0 Å². The summed E-state index contributed by atoms with van der Waals surface area (Å²) in [6.07, 6.45) is 0. The minimum atomic E-state index is -0.559. The molecule has 0 spiro atoms. The number of hydrogen-bond donors (Lipinski definition) is 0. The average Bonchev–Trinajstić information content (AvgIpc) is 2.15. The van der Waals surface area contributed by atoms with Gasteiger partial charge < -0.3 is 0 Å². The number of hydrogen-bond acceptors (Lipinski definition) is 3. The summed E-state index contributed by atoms with van der Waals surface area (Å²) in [4.78, 5) is 33.6. The van der Waals surface area contributed by atoms with Crippen molar-refractivity contribution in [2.75, 3.05) is 0 Å². The molecule has 1 aromatic rings. The normalized spacial score (nSPS) is 10.0. The highest BCUT2D eigenvalue weighted by molar-refractivity contribution is 9.19. The van der Waals surface area contributed by atoms with Crippen molar-refractivity contribution in [2.45, 2.75) is 0 Å². The molecule has 0 aliphatic heterocycles. The van der Waals surface area contributed by atoms with Crippen LogP contribution < -0.4 is 0 Å². The van der Waals surface area contributed by atoms with Gasteiger partial charge >= 0.3 is 0 Å². The van der Waals surface area contributed by atoms with Gasteiger partial charge in [0.05, 0.1) is 10.6 Å². The van der Waals surface area contributed by atoms with Crippen LogP contribution in [0.25, 0.3) is 0 Å². The van der Waals surface area contributed by atoms with Gasteiger partial charge in [-0.15, -0.1) is 0 Å². The Balaban J connectivity index is 3.60. The van der Waals surface area contributed by atoms with Crippen LogP contribution in [0.1, 0.15) is 31.1 Å². The maximum absolute atomic E-state index is 11.3. The summed E-state index contributed by atoms with van der Waals surface area (Å²) in [6.45, 7) is 0. The van der Waals surface area contributed by atoms with Crippen LogP contribution >= 0.6 is 59.4 Å². The molecular weight excluding hydrogens is 431 g/mol. The predicted octanol–water partition coefficient (Wildman–Crippen LogP) is 3.95. The first-order chi connectivity index (χ1) is 7.36. The van der Waals surface area contributed by atoms with Gasteiger partial charge in [0, 0.05) is 11.1 Å². The zero-order chi connectivity index (χ0) is 12.5. The Morgan fingerprint density at radius 3 is 1.69 bits per heavy atom. The fourth-order valence-electron chi connectivity index (χ4n) is 1.08. The molecule has 1 aromatic carbocycles. The van der Waals surface area contributed by atoms with Crippen molar-refractivity contribution in [2.24, 2.45) is 0 Å². The topological polar surface area (TPSA) is 51.2 Å². The molecule has 0 unspecified atom stereocenters. The van der Waals surface area contributed by atoms with E-state index in [9.17, 15) is 14.4 Å². The monoisotopic (exact) mass is 430 g/mol. The van der Waals surface area contributed by atoms with E-state index < -0.39 is 14.1 Å². The smallest absolute Gasteiger partial charge is 0.230 e. The minimum absolute atomic E-state index is 0.0335. The third-order valence-corrected chi connectivity index (χ3v) is 3.41. The summed E-state index contributed by atoms with van der Waals surface area (Å²) in [5.41, 5.74) is 0.195. The molecule has 0 atom stereocenters. The summed E-state index contributed by atoms with van der Waals surface area (Å²) in [6, 6.07) is 2.72. The van der Waals surface area contributed by atoms with Gasteiger partial charge in [0.1, 0.15) is 0 Å². The maximum Gasteiger partial charge on any atom is 0.230 e. The van der Waals surface area contributed by atoms with E-state index in [-0.39, 0.29) is 21.7 Å². The largest absolute Gasteiger partial charge is 0.281 e. The van der Waals surface area contributed by atoms with Gasteiger partial charge in [0.25, 0.3) is 0 Å². The van der Waals surface area contributed by atoms with Crippen LogP contribution in [-0.2, 0) is 0 Å². The number of carbonyl (C=O) groups excluding carboxylic acids is 3. The summed E-state index contributed by atoms with van der Waals surface area (Å²) in [5.74, 6) is 0. The van der Waals surface area contributed by atoms with E-state index in [0.29, 0.717) is 0 Å². The predicted molar refractivity (Wildman–Crippen MR) is 71.2 cm³/mol. The molecule has 0 saturated heterocycles. The van der Waals surface area contributed by atoms with E-state index in [2.05, 4.69) is 47.8 Å². The van der Waals surface area contributed by atoms with E-state index in [1.807, 2.05) is 0 Å². The van der Waals surface area contributed by atoms with E-state index >= 15 is 0 Å². The Kier molecular flexibility index (Phi) is 4.85. The molecule has 0 fully saturated rings. The average molecular weight is 433 g/mol. The lowest BCUT2D eigenvalue weighted by molar-refractivity contribution is 0.106. The van der Waals surface area contributed by atoms with Gasteiger partial charge in [-0.1, -0.05) is 11.6 Å². The molecule has 0 N–H and O–H groups in total. The Hall–Kier alpha value is -0.0400. The lowest BCUT2D eigenvalue weighted by Gasteiger charge is -2.07. The van der Waals surface area contributed by atoms with Crippen LogP contribution in [0, 0.1) is 0 Å². The molecule has 1 rings (SSSR count). The van der Waals surface area contributed by atoms with Gasteiger partial charge in [-0.3, -0.25) is 14.4 Å². The van der Waals surface area contributed by atoms with Gasteiger partial charge in [-0.05, 0) is 59.9 Å². The molecule has 0 aliphatic carbocycles. The quantitative estimate of drug-likeness (QED) is 0.679. The van der Waals surface area contributed by atoms with Crippen LogP contribution in [0.2, 0.25) is 5.02 Å². The van der Waals surface area contributed by atoms with Crippen molar-refractivity contribution in [3.05, 3.63) is 33.8 Å². The molecule has 0 radical (unpaired) electrons. The molecule has 7 heteroatoms. The first-order valence-corrected chi connectivity index (χ1v) is 6.54. The zero-order valence-corrected chi connectivity index (χ0v) is 12.9. The third kappa shape index (κ3) is 2.80. The molecule has 0 aromatic heterocycles. The fourth-order valence-corrected chi connectivity index (χ4v) is 2.72. The highest BCUT2D eigenvalue weighted by Crippen LogP contribution is 2.29. The SMILES string of the molecule is O=C(Br)c1ccc(C(=O)Br)c(C(=O)Br)c1Cl. The number of halogens is 4. The molecule has 84 valence electrons. The van der Waals surface area contributed by atoms with Crippen LogP contribution in [0.4, 0.5) is 0 Å². The Morgan fingerprint density at radius 1 is 0.875 bits per heavy atom. The first-order valence-electron chi connectivity index (χ1n) is 3.78. The molecule has 16 heavy (non-hydrogen) atoms. The second kappa shape index (κ2) is 5.53. The van der Waals surface area contributed by atoms with Crippen molar-refractivity contribution in [3.63, 3.8) is 0 Å². The third-order valence-electron chi connectivity index (χ3n) is 1.76. The molecule has 0 saturated carbocycles. The van der Waals surface area contributed by atoms with Gasteiger partial charge in [-0.25, -0.2) is 0 Å². The second-order valence-electron chi connectivity index (χ2n) is 2.67. The van der Waals surface area contributed by atoms with E-state index in [1.165, 1.54) is 12.1 Å². The highest BCUT2D eigenvalue weighted by atomic mass is 79.9. The minimum Gasteiger partial charge on any atom is -0.281 e. The van der Waals surface area contributed by atoms with E-state index in [4.69, 9.17) is 11.6 Å². The van der Waals surface area contributed by atoms with Crippen molar-refractivity contribution in [1.82, 2.24) is 0 Å². The van der Waals surface area contributed by atoms with Gasteiger partial charge in [0.2, 0.25) is 14.1 Å². The molecule has 0 amide bonds. The van der Waals surface area contributed by atoms with Crippen molar-refractivity contribution < 1.29 is 14.4 Å². The molecular formula is C9H2Br3ClO3. The second-order valence-corrected chi connectivity index (χ2v) is 5.21. The number of carbonyl (C=O) groups is 3. The van der Waals surface area contributed by atoms with Crippen LogP contribution in [0.3, 0.4) is 0 Å². The summed E-state index contributed by atoms with van der Waals surface area (Å²) in [7, 11) is 0. The standard InChI is InChI=1S/C9H2Br3ClO3/c10-7(14)3-1-2-4(8(11)15)6(13)5(3)9(12)16/h1-2H. The Bertz CT molecular complexity index is 499. The summed E-state index contributed by atoms with van der Waals surface area (Å²) < 4.78 is -1.50. The number of rotatable bonds is 3. The van der Waals surface area contributed by atoms with Crippen molar-refractivity contribution in [3.8, 4) is 0 Å². The molecule has 0 bridgehead atoms. The van der Waals surface area contributed by atoms with Crippen LogP contribution in [0.5, 0.6) is 0 Å². The lowest BCUT2D eigenvalue weighted by atomic mass is 10.1. The van der Waals surface area contributed by atoms with E-state index in [0.717, 1.165) is 0 Å². The highest BCUT2D eigenvalue weighted by Gasteiger charge is 2.21. The van der Waals surface area contributed by atoms with E-state index in [1.54, 1.807) is 0 Å². The lowest BCUT2D eigenvalue weighted by Crippen LogP contribution is -2.05. The van der Waals surface area contributed by atoms with Gasteiger partial charge in [-0.2, -0.15) is 0 Å². The van der Waals surface area contributed by atoms with Crippen LogP contribution in [0.15, 0.2) is 12.1 Å². The van der Waals surface area contributed by atoms with Crippen molar-refractivity contribution in [1.29, 1.82) is 0 Å². The summed E-state index contributed by atoms with van der Waals surface area (Å²) in [5, 5.41) is -0.0611. The van der Waals surface area contributed by atoms with Crippen molar-refractivity contribution >= 4 is 73.5 Å².